The van der Waals surface area contributed by atoms with Crippen LogP contribution in [0.4, 0.5) is 5.69 Å². The van der Waals surface area contributed by atoms with Crippen molar-refractivity contribution >= 4 is 17.0 Å². The van der Waals surface area contributed by atoms with E-state index in [1.807, 2.05) is 24.4 Å². The van der Waals surface area contributed by atoms with E-state index in [1.54, 1.807) is 11.3 Å². The second-order valence-corrected chi connectivity index (χ2v) is 6.71. The molecule has 3 rings (SSSR count). The van der Waals surface area contributed by atoms with Gasteiger partial charge in [0.1, 0.15) is 12.4 Å². The number of aryl methyl sites for hydroxylation is 1. The summed E-state index contributed by atoms with van der Waals surface area (Å²) < 4.78 is 5.77. The van der Waals surface area contributed by atoms with E-state index in [1.165, 1.54) is 37.8 Å². The van der Waals surface area contributed by atoms with Gasteiger partial charge in [0.05, 0.1) is 10.7 Å². The first-order chi connectivity index (χ1) is 10.3. The second kappa shape index (κ2) is 6.94. The maximum absolute atomic E-state index is 5.77. The molecule has 1 aliphatic carbocycles. The van der Waals surface area contributed by atoms with Crippen molar-refractivity contribution in [2.45, 2.75) is 51.7 Å². The molecule has 1 fully saturated rings. The van der Waals surface area contributed by atoms with Crippen LogP contribution in [0.15, 0.2) is 29.6 Å². The van der Waals surface area contributed by atoms with Crippen LogP contribution in [0.25, 0.3) is 0 Å². The maximum Gasteiger partial charge on any atom is 0.131 e. The van der Waals surface area contributed by atoms with Crippen molar-refractivity contribution in [1.29, 1.82) is 0 Å². The predicted octanol–water partition coefficient (Wildman–Crippen LogP) is 4.78. The molecule has 1 N–H and O–H groups in total. The van der Waals surface area contributed by atoms with Crippen molar-refractivity contribution in [3.63, 3.8) is 0 Å². The number of benzene rings is 1. The molecule has 112 valence electrons. The number of aromatic nitrogens is 1. The molecule has 0 aliphatic heterocycles. The lowest BCUT2D eigenvalue weighted by Crippen LogP contribution is -2.22. The number of thiazole rings is 1. The Kier molecular flexibility index (Phi) is 4.76. The molecular weight excluding hydrogens is 280 g/mol. The van der Waals surface area contributed by atoms with Gasteiger partial charge in [-0.25, -0.2) is 4.98 Å². The van der Waals surface area contributed by atoms with Gasteiger partial charge in [-0.2, -0.15) is 0 Å². The fraction of sp³-hybridized carbons (Fsp3) is 0.471. The zero-order valence-corrected chi connectivity index (χ0v) is 13.3. The Hall–Kier alpha value is -1.55. The molecule has 1 saturated carbocycles. The Balaban J connectivity index is 1.51. The minimum absolute atomic E-state index is 0.541. The molecule has 21 heavy (non-hydrogen) atoms. The third-order valence-corrected chi connectivity index (χ3v) is 4.71. The molecule has 0 atom stereocenters. The van der Waals surface area contributed by atoms with Crippen molar-refractivity contribution in [3.8, 4) is 5.75 Å². The van der Waals surface area contributed by atoms with Crippen LogP contribution in [-0.4, -0.2) is 11.0 Å². The highest BCUT2D eigenvalue weighted by Crippen LogP contribution is 2.23. The predicted molar refractivity (Wildman–Crippen MR) is 88.1 cm³/mol. The Morgan fingerprint density at radius 3 is 2.62 bits per heavy atom. The SMILES string of the molecule is Cc1nc(COc2ccc(NC3CCCCC3)cc2)cs1. The molecule has 3 nitrogen and oxygen atoms in total. The molecule has 1 aliphatic rings. The number of anilines is 1. The minimum Gasteiger partial charge on any atom is -0.487 e. The molecule has 1 aromatic carbocycles. The van der Waals surface area contributed by atoms with Gasteiger partial charge < -0.3 is 10.1 Å². The van der Waals surface area contributed by atoms with E-state index < -0.39 is 0 Å². The van der Waals surface area contributed by atoms with Gasteiger partial charge in [0.2, 0.25) is 0 Å². The first kappa shape index (κ1) is 14.4. The van der Waals surface area contributed by atoms with Gasteiger partial charge in [-0.15, -0.1) is 11.3 Å². The Labute approximate surface area is 130 Å². The third-order valence-electron chi connectivity index (χ3n) is 3.88. The molecule has 0 bridgehead atoms. The highest BCUT2D eigenvalue weighted by molar-refractivity contribution is 7.09. The van der Waals surface area contributed by atoms with E-state index in [4.69, 9.17) is 4.74 Å². The summed E-state index contributed by atoms with van der Waals surface area (Å²) in [5.41, 5.74) is 2.20. The maximum atomic E-state index is 5.77. The Morgan fingerprint density at radius 1 is 1.19 bits per heavy atom. The monoisotopic (exact) mass is 302 g/mol. The first-order valence-electron chi connectivity index (χ1n) is 7.70. The lowest BCUT2D eigenvalue weighted by atomic mass is 9.95. The van der Waals surface area contributed by atoms with Gasteiger partial charge in [-0.1, -0.05) is 19.3 Å². The fourth-order valence-corrected chi connectivity index (χ4v) is 3.36. The zero-order valence-electron chi connectivity index (χ0n) is 12.5. The number of rotatable bonds is 5. The Bertz CT molecular complexity index is 558. The average molecular weight is 302 g/mol. The molecule has 0 amide bonds. The zero-order chi connectivity index (χ0) is 14.5. The van der Waals surface area contributed by atoms with Crippen LogP contribution < -0.4 is 10.1 Å². The summed E-state index contributed by atoms with van der Waals surface area (Å²) in [6, 6.07) is 8.92. The van der Waals surface area contributed by atoms with Crippen molar-refractivity contribution in [3.05, 3.63) is 40.3 Å². The Morgan fingerprint density at radius 2 is 1.95 bits per heavy atom. The number of nitrogens with zero attached hydrogens (tertiary/aromatic N) is 1. The lowest BCUT2D eigenvalue weighted by molar-refractivity contribution is 0.302. The summed E-state index contributed by atoms with van der Waals surface area (Å²) in [7, 11) is 0. The molecule has 0 saturated heterocycles. The number of ether oxygens (including phenoxy) is 1. The van der Waals surface area contributed by atoms with Crippen molar-refractivity contribution in [1.82, 2.24) is 4.98 Å². The van der Waals surface area contributed by atoms with Crippen LogP contribution in [-0.2, 0) is 6.61 Å². The smallest absolute Gasteiger partial charge is 0.131 e. The largest absolute Gasteiger partial charge is 0.487 e. The van der Waals surface area contributed by atoms with Crippen LogP contribution in [0, 0.1) is 6.92 Å². The summed E-state index contributed by atoms with van der Waals surface area (Å²) in [6.45, 7) is 2.56. The third kappa shape index (κ3) is 4.21. The lowest BCUT2D eigenvalue weighted by Gasteiger charge is -2.23. The summed E-state index contributed by atoms with van der Waals surface area (Å²) in [4.78, 5) is 4.40. The molecule has 2 aromatic rings. The van der Waals surface area contributed by atoms with Gasteiger partial charge >= 0.3 is 0 Å². The van der Waals surface area contributed by atoms with Crippen molar-refractivity contribution in [2.75, 3.05) is 5.32 Å². The fourth-order valence-electron chi connectivity index (χ4n) is 2.76. The van der Waals surface area contributed by atoms with Crippen molar-refractivity contribution in [2.24, 2.45) is 0 Å². The van der Waals surface area contributed by atoms with Gasteiger partial charge in [0.15, 0.2) is 0 Å². The highest BCUT2D eigenvalue weighted by atomic mass is 32.1. The van der Waals surface area contributed by atoms with E-state index in [-0.39, 0.29) is 0 Å². The first-order valence-corrected chi connectivity index (χ1v) is 8.58. The summed E-state index contributed by atoms with van der Waals surface area (Å²) in [5, 5.41) is 6.75. The normalized spacial score (nSPS) is 15.9. The number of hydrogen-bond donors (Lipinski definition) is 1. The van der Waals surface area contributed by atoms with Crippen LogP contribution in [0.5, 0.6) is 5.75 Å². The molecule has 1 aromatic heterocycles. The molecule has 0 radical (unpaired) electrons. The van der Waals surface area contributed by atoms with E-state index in [0.29, 0.717) is 12.6 Å². The van der Waals surface area contributed by atoms with E-state index in [2.05, 4.69) is 22.4 Å². The number of hydrogen-bond acceptors (Lipinski definition) is 4. The summed E-state index contributed by atoms with van der Waals surface area (Å²) in [5.74, 6) is 0.898. The molecule has 0 unspecified atom stereocenters. The second-order valence-electron chi connectivity index (χ2n) is 5.65. The summed E-state index contributed by atoms with van der Waals surface area (Å²) in [6.07, 6.45) is 6.68. The minimum atomic E-state index is 0.541. The topological polar surface area (TPSA) is 34.1 Å². The van der Waals surface area contributed by atoms with E-state index >= 15 is 0 Å². The van der Waals surface area contributed by atoms with Crippen molar-refractivity contribution < 1.29 is 4.74 Å². The molecule has 1 heterocycles. The van der Waals surface area contributed by atoms with Crippen LogP contribution in [0.3, 0.4) is 0 Å². The molecule has 0 spiro atoms. The van der Waals surface area contributed by atoms with Gasteiger partial charge in [0, 0.05) is 17.1 Å². The van der Waals surface area contributed by atoms with Gasteiger partial charge in [-0.05, 0) is 44.0 Å². The summed E-state index contributed by atoms with van der Waals surface area (Å²) >= 11 is 1.66. The highest BCUT2D eigenvalue weighted by Gasteiger charge is 2.12. The quantitative estimate of drug-likeness (QED) is 0.863. The molecular formula is C17H22N2OS. The van der Waals surface area contributed by atoms with E-state index in [9.17, 15) is 0 Å². The molecule has 4 heteroatoms. The number of nitrogens with one attached hydrogen (secondary N) is 1. The van der Waals surface area contributed by atoms with Crippen LogP contribution in [0.2, 0.25) is 0 Å². The van der Waals surface area contributed by atoms with Gasteiger partial charge in [0.25, 0.3) is 0 Å². The van der Waals surface area contributed by atoms with Crippen LogP contribution in [0.1, 0.15) is 42.8 Å². The standard InChI is InChI=1S/C17H22N2OS/c1-13-18-16(12-21-13)11-20-17-9-7-15(8-10-17)19-14-5-3-2-4-6-14/h7-10,12,14,19H,2-6,11H2,1H3. The van der Waals surface area contributed by atoms with Gasteiger partial charge in [-0.3, -0.25) is 0 Å². The van der Waals surface area contributed by atoms with Crippen LogP contribution >= 0.6 is 11.3 Å². The van der Waals surface area contributed by atoms with E-state index in [0.717, 1.165) is 16.5 Å². The average Bonchev–Trinajstić information content (AvgIpc) is 2.93.